The molecule has 0 aliphatic carbocycles. The van der Waals surface area contributed by atoms with Crippen molar-refractivity contribution in [2.75, 3.05) is 20.1 Å². The van der Waals surface area contributed by atoms with Crippen LogP contribution < -0.4 is 0 Å². The second kappa shape index (κ2) is 5.61. The standard InChI is InChI=1S/C14H21NO3S/c1-11-4-6-13(7-5-11)19(16,17)18-14-8-9-15(3)10-12(14)2/h4-7,12,14H,8-10H2,1-3H3. The summed E-state index contributed by atoms with van der Waals surface area (Å²) in [4.78, 5) is 2.44. The van der Waals surface area contributed by atoms with Crippen LogP contribution in [0.25, 0.3) is 0 Å². The van der Waals surface area contributed by atoms with E-state index in [1.807, 2.05) is 20.9 Å². The number of rotatable bonds is 3. The molecule has 4 nitrogen and oxygen atoms in total. The first-order chi connectivity index (χ1) is 8.88. The first-order valence-corrected chi connectivity index (χ1v) is 7.98. The van der Waals surface area contributed by atoms with Crippen molar-refractivity contribution in [3.05, 3.63) is 29.8 Å². The topological polar surface area (TPSA) is 46.6 Å². The van der Waals surface area contributed by atoms with Crippen LogP contribution in [0.4, 0.5) is 0 Å². The molecule has 2 unspecified atom stereocenters. The molecule has 1 saturated heterocycles. The van der Waals surface area contributed by atoms with Gasteiger partial charge < -0.3 is 4.90 Å². The van der Waals surface area contributed by atoms with Crippen molar-refractivity contribution >= 4 is 10.1 Å². The van der Waals surface area contributed by atoms with Crippen molar-refractivity contribution in [2.24, 2.45) is 5.92 Å². The van der Waals surface area contributed by atoms with Crippen LogP contribution in [0.2, 0.25) is 0 Å². The molecule has 19 heavy (non-hydrogen) atoms. The summed E-state index contributed by atoms with van der Waals surface area (Å²) in [5, 5.41) is 0. The van der Waals surface area contributed by atoms with Gasteiger partial charge in [0, 0.05) is 13.1 Å². The molecule has 1 fully saturated rings. The third-order valence-corrected chi connectivity index (χ3v) is 4.94. The van der Waals surface area contributed by atoms with E-state index in [1.54, 1.807) is 24.3 Å². The Labute approximate surface area is 115 Å². The molecule has 5 heteroatoms. The summed E-state index contributed by atoms with van der Waals surface area (Å²) in [6.45, 7) is 5.70. The highest BCUT2D eigenvalue weighted by atomic mass is 32.2. The molecule has 2 atom stereocenters. The monoisotopic (exact) mass is 283 g/mol. The first kappa shape index (κ1) is 14.5. The Morgan fingerprint density at radius 2 is 1.89 bits per heavy atom. The minimum absolute atomic E-state index is 0.220. The van der Waals surface area contributed by atoms with Gasteiger partial charge in [0.2, 0.25) is 0 Å². The average Bonchev–Trinajstić information content (AvgIpc) is 2.33. The first-order valence-electron chi connectivity index (χ1n) is 6.57. The number of hydrogen-bond acceptors (Lipinski definition) is 4. The quantitative estimate of drug-likeness (QED) is 0.796. The van der Waals surface area contributed by atoms with E-state index in [9.17, 15) is 8.42 Å². The molecule has 0 spiro atoms. The minimum atomic E-state index is -3.65. The summed E-state index contributed by atoms with van der Waals surface area (Å²) in [6, 6.07) is 6.78. The van der Waals surface area contributed by atoms with Gasteiger partial charge in [-0.05, 0) is 38.4 Å². The zero-order valence-electron chi connectivity index (χ0n) is 11.7. The van der Waals surface area contributed by atoms with E-state index in [0.717, 1.165) is 25.1 Å². The van der Waals surface area contributed by atoms with Gasteiger partial charge in [0.15, 0.2) is 0 Å². The van der Waals surface area contributed by atoms with E-state index in [1.165, 1.54) is 0 Å². The van der Waals surface area contributed by atoms with Crippen LogP contribution in [0.5, 0.6) is 0 Å². The number of aryl methyl sites for hydroxylation is 1. The van der Waals surface area contributed by atoms with Crippen LogP contribution in [0, 0.1) is 12.8 Å². The van der Waals surface area contributed by atoms with E-state index in [-0.39, 0.29) is 16.9 Å². The van der Waals surface area contributed by atoms with E-state index >= 15 is 0 Å². The van der Waals surface area contributed by atoms with Crippen LogP contribution in [-0.2, 0) is 14.3 Å². The fourth-order valence-corrected chi connectivity index (χ4v) is 3.59. The predicted octanol–water partition coefficient (Wildman–Crippen LogP) is 2.04. The lowest BCUT2D eigenvalue weighted by molar-refractivity contribution is 0.0689. The highest BCUT2D eigenvalue weighted by molar-refractivity contribution is 7.86. The van der Waals surface area contributed by atoms with Crippen LogP contribution in [0.1, 0.15) is 18.9 Å². The molecule has 1 aromatic rings. The summed E-state index contributed by atoms with van der Waals surface area (Å²) in [5.41, 5.74) is 1.03. The molecule has 0 aromatic heterocycles. The lowest BCUT2D eigenvalue weighted by atomic mass is 9.97. The molecule has 1 heterocycles. The van der Waals surface area contributed by atoms with E-state index in [0.29, 0.717) is 0 Å². The molecular formula is C14H21NO3S. The lowest BCUT2D eigenvalue weighted by Gasteiger charge is -2.33. The van der Waals surface area contributed by atoms with Crippen molar-refractivity contribution in [1.29, 1.82) is 0 Å². The SMILES string of the molecule is Cc1ccc(S(=O)(=O)OC2CCN(C)CC2C)cc1. The molecule has 0 bridgehead atoms. The molecule has 0 saturated carbocycles. The average molecular weight is 283 g/mol. The Morgan fingerprint density at radius 1 is 1.26 bits per heavy atom. The zero-order valence-corrected chi connectivity index (χ0v) is 12.5. The highest BCUT2D eigenvalue weighted by Gasteiger charge is 2.30. The highest BCUT2D eigenvalue weighted by Crippen LogP contribution is 2.24. The normalized spacial score (nSPS) is 25.4. The number of piperidine rings is 1. The van der Waals surface area contributed by atoms with Crippen molar-refractivity contribution in [1.82, 2.24) is 4.90 Å². The Bertz CT molecular complexity index is 524. The molecule has 0 N–H and O–H groups in total. The molecule has 1 aliphatic heterocycles. The third kappa shape index (κ3) is 3.55. The maximum Gasteiger partial charge on any atom is 0.297 e. The van der Waals surface area contributed by atoms with Crippen molar-refractivity contribution in [3.8, 4) is 0 Å². The second-order valence-electron chi connectivity index (χ2n) is 5.43. The Hall–Kier alpha value is -0.910. The summed E-state index contributed by atoms with van der Waals surface area (Å²) in [5.74, 6) is 0.221. The summed E-state index contributed by atoms with van der Waals surface area (Å²) in [6.07, 6.45) is 0.533. The van der Waals surface area contributed by atoms with Gasteiger partial charge in [0.05, 0.1) is 11.0 Å². The van der Waals surface area contributed by atoms with Gasteiger partial charge in [0.1, 0.15) is 0 Å². The fourth-order valence-electron chi connectivity index (χ4n) is 2.40. The third-order valence-electron chi connectivity index (χ3n) is 3.59. The minimum Gasteiger partial charge on any atom is -0.306 e. The molecule has 0 radical (unpaired) electrons. The summed E-state index contributed by atoms with van der Waals surface area (Å²) < 4.78 is 29.8. The number of likely N-dealkylation sites (tertiary alicyclic amines) is 1. The van der Waals surface area contributed by atoms with Crippen LogP contribution in [0.15, 0.2) is 29.2 Å². The lowest BCUT2D eigenvalue weighted by Crippen LogP contribution is -2.41. The van der Waals surface area contributed by atoms with E-state index in [4.69, 9.17) is 4.18 Å². The maximum atomic E-state index is 12.2. The summed E-state index contributed by atoms with van der Waals surface area (Å²) >= 11 is 0. The Kier molecular flexibility index (Phi) is 4.28. The fraction of sp³-hybridized carbons (Fsp3) is 0.571. The molecule has 1 aliphatic rings. The van der Waals surface area contributed by atoms with Gasteiger partial charge in [-0.15, -0.1) is 0 Å². The Morgan fingerprint density at radius 3 is 2.47 bits per heavy atom. The van der Waals surface area contributed by atoms with Crippen LogP contribution >= 0.6 is 0 Å². The maximum absolute atomic E-state index is 12.2. The van der Waals surface area contributed by atoms with Gasteiger partial charge in [-0.25, -0.2) is 0 Å². The second-order valence-corrected chi connectivity index (χ2v) is 7.00. The Balaban J connectivity index is 2.11. The number of nitrogens with zero attached hydrogens (tertiary/aromatic N) is 1. The molecule has 106 valence electrons. The van der Waals surface area contributed by atoms with Crippen LogP contribution in [0.3, 0.4) is 0 Å². The molecule has 0 amide bonds. The van der Waals surface area contributed by atoms with Gasteiger partial charge in [-0.2, -0.15) is 8.42 Å². The van der Waals surface area contributed by atoms with Gasteiger partial charge in [-0.3, -0.25) is 4.18 Å². The number of hydrogen-bond donors (Lipinski definition) is 0. The number of benzene rings is 1. The van der Waals surface area contributed by atoms with Crippen molar-refractivity contribution in [2.45, 2.75) is 31.3 Å². The molecule has 2 rings (SSSR count). The largest absolute Gasteiger partial charge is 0.306 e. The van der Waals surface area contributed by atoms with Crippen LogP contribution in [-0.4, -0.2) is 39.6 Å². The molecular weight excluding hydrogens is 262 g/mol. The van der Waals surface area contributed by atoms with Gasteiger partial charge >= 0.3 is 0 Å². The van der Waals surface area contributed by atoms with E-state index in [2.05, 4.69) is 4.90 Å². The van der Waals surface area contributed by atoms with Gasteiger partial charge in [-0.1, -0.05) is 24.6 Å². The zero-order chi connectivity index (χ0) is 14.0. The summed E-state index contributed by atoms with van der Waals surface area (Å²) in [7, 11) is -1.60. The van der Waals surface area contributed by atoms with Gasteiger partial charge in [0.25, 0.3) is 10.1 Å². The van der Waals surface area contributed by atoms with Crippen molar-refractivity contribution in [3.63, 3.8) is 0 Å². The van der Waals surface area contributed by atoms with Crippen molar-refractivity contribution < 1.29 is 12.6 Å². The smallest absolute Gasteiger partial charge is 0.297 e. The molecule has 1 aromatic carbocycles. The predicted molar refractivity (Wildman–Crippen MR) is 74.5 cm³/mol. The van der Waals surface area contributed by atoms with E-state index < -0.39 is 10.1 Å².